The van der Waals surface area contributed by atoms with Gasteiger partial charge in [0.05, 0.1) is 32.3 Å². The number of benzene rings is 2. The molecule has 5 heteroatoms. The first-order valence-corrected chi connectivity index (χ1v) is 7.09. The number of nitrogens with zero attached hydrogens (tertiary/aromatic N) is 1. The number of amides is 1. The lowest BCUT2D eigenvalue weighted by atomic mass is 10.0. The molecule has 0 aliphatic heterocycles. The summed E-state index contributed by atoms with van der Waals surface area (Å²) >= 11 is 0. The fourth-order valence-corrected chi connectivity index (χ4v) is 2.22. The van der Waals surface area contributed by atoms with Crippen LogP contribution in [0.25, 0.3) is 0 Å². The van der Waals surface area contributed by atoms with Crippen molar-refractivity contribution in [3.8, 4) is 17.6 Å². The zero-order valence-corrected chi connectivity index (χ0v) is 13.3. The average Bonchev–Trinajstić information content (AvgIpc) is 2.56. The molecule has 2 rings (SSSR count). The molecule has 0 fully saturated rings. The van der Waals surface area contributed by atoms with Crippen molar-refractivity contribution in [3.05, 3.63) is 53.1 Å². The SMILES string of the molecule is COc1cc(C)c(CC(=O)Nc2ccc(C#N)cc2)cc1OC. The van der Waals surface area contributed by atoms with Crippen LogP contribution >= 0.6 is 0 Å². The predicted molar refractivity (Wildman–Crippen MR) is 87.8 cm³/mol. The number of hydrogen-bond donors (Lipinski definition) is 1. The van der Waals surface area contributed by atoms with E-state index >= 15 is 0 Å². The summed E-state index contributed by atoms with van der Waals surface area (Å²) in [6.45, 7) is 1.92. The summed E-state index contributed by atoms with van der Waals surface area (Å²) in [7, 11) is 3.14. The van der Waals surface area contributed by atoms with Crippen LogP contribution < -0.4 is 14.8 Å². The highest BCUT2D eigenvalue weighted by Gasteiger charge is 2.12. The highest BCUT2D eigenvalue weighted by Crippen LogP contribution is 2.30. The summed E-state index contributed by atoms with van der Waals surface area (Å²) in [6, 6.07) is 12.4. The van der Waals surface area contributed by atoms with Gasteiger partial charge in [-0.2, -0.15) is 5.26 Å². The molecule has 0 saturated carbocycles. The highest BCUT2D eigenvalue weighted by molar-refractivity contribution is 5.92. The maximum atomic E-state index is 12.2. The molecular weight excluding hydrogens is 292 g/mol. The smallest absolute Gasteiger partial charge is 0.228 e. The Hall–Kier alpha value is -3.00. The third-order valence-corrected chi connectivity index (χ3v) is 3.49. The van der Waals surface area contributed by atoms with Crippen LogP contribution in [0.15, 0.2) is 36.4 Å². The summed E-state index contributed by atoms with van der Waals surface area (Å²) in [5.74, 6) is 1.10. The molecule has 0 aliphatic rings. The van der Waals surface area contributed by atoms with E-state index in [-0.39, 0.29) is 12.3 Å². The van der Waals surface area contributed by atoms with Gasteiger partial charge in [0.25, 0.3) is 0 Å². The van der Waals surface area contributed by atoms with Crippen LogP contribution in [0.4, 0.5) is 5.69 Å². The maximum Gasteiger partial charge on any atom is 0.228 e. The number of nitriles is 1. The molecule has 0 bridgehead atoms. The Labute approximate surface area is 135 Å². The molecule has 0 aromatic heterocycles. The summed E-state index contributed by atoms with van der Waals surface area (Å²) in [4.78, 5) is 12.2. The summed E-state index contributed by atoms with van der Waals surface area (Å²) in [6.07, 6.45) is 0.228. The number of hydrogen-bond acceptors (Lipinski definition) is 4. The number of aryl methyl sites for hydroxylation is 1. The lowest BCUT2D eigenvalue weighted by Gasteiger charge is -2.13. The van der Waals surface area contributed by atoms with Gasteiger partial charge in [0.2, 0.25) is 5.91 Å². The second kappa shape index (κ2) is 7.32. The molecule has 0 atom stereocenters. The molecule has 0 saturated heterocycles. The number of ether oxygens (including phenoxy) is 2. The monoisotopic (exact) mass is 310 g/mol. The molecule has 5 nitrogen and oxygen atoms in total. The first kappa shape index (κ1) is 16.4. The van der Waals surface area contributed by atoms with Crippen molar-refractivity contribution in [1.29, 1.82) is 5.26 Å². The topological polar surface area (TPSA) is 71.3 Å². The second-order valence-corrected chi connectivity index (χ2v) is 5.05. The van der Waals surface area contributed by atoms with Gasteiger partial charge in [-0.05, 0) is 54.4 Å². The highest BCUT2D eigenvalue weighted by atomic mass is 16.5. The van der Waals surface area contributed by atoms with Gasteiger partial charge >= 0.3 is 0 Å². The number of carbonyl (C=O) groups is 1. The number of carbonyl (C=O) groups excluding carboxylic acids is 1. The van der Waals surface area contributed by atoms with Crippen LogP contribution in [0.3, 0.4) is 0 Å². The van der Waals surface area contributed by atoms with Gasteiger partial charge < -0.3 is 14.8 Å². The third-order valence-electron chi connectivity index (χ3n) is 3.49. The van der Waals surface area contributed by atoms with E-state index in [9.17, 15) is 4.79 Å². The lowest BCUT2D eigenvalue weighted by molar-refractivity contribution is -0.115. The van der Waals surface area contributed by atoms with Gasteiger partial charge in [0.15, 0.2) is 11.5 Å². The van der Waals surface area contributed by atoms with E-state index in [2.05, 4.69) is 5.32 Å². The Bertz CT molecular complexity index is 746. The zero-order valence-electron chi connectivity index (χ0n) is 13.3. The van der Waals surface area contributed by atoms with Crippen molar-refractivity contribution in [2.24, 2.45) is 0 Å². The third kappa shape index (κ3) is 4.01. The van der Waals surface area contributed by atoms with Crippen LogP contribution in [0.2, 0.25) is 0 Å². The maximum absolute atomic E-state index is 12.2. The minimum Gasteiger partial charge on any atom is -0.493 e. The minimum absolute atomic E-state index is 0.134. The Morgan fingerprint density at radius 2 is 1.74 bits per heavy atom. The first-order chi connectivity index (χ1) is 11.1. The molecule has 23 heavy (non-hydrogen) atoms. The van der Waals surface area contributed by atoms with Gasteiger partial charge in [-0.15, -0.1) is 0 Å². The lowest BCUT2D eigenvalue weighted by Crippen LogP contribution is -2.15. The van der Waals surface area contributed by atoms with Gasteiger partial charge in [0.1, 0.15) is 0 Å². The molecular formula is C18H18N2O3. The molecule has 0 aliphatic carbocycles. The molecule has 2 aromatic carbocycles. The summed E-state index contributed by atoms with van der Waals surface area (Å²) in [5, 5.41) is 11.6. The van der Waals surface area contributed by atoms with E-state index < -0.39 is 0 Å². The van der Waals surface area contributed by atoms with Crippen molar-refractivity contribution < 1.29 is 14.3 Å². The number of rotatable bonds is 5. The van der Waals surface area contributed by atoms with E-state index in [0.29, 0.717) is 22.7 Å². The first-order valence-electron chi connectivity index (χ1n) is 7.09. The molecule has 1 N–H and O–H groups in total. The fourth-order valence-electron chi connectivity index (χ4n) is 2.22. The van der Waals surface area contributed by atoms with E-state index in [4.69, 9.17) is 14.7 Å². The van der Waals surface area contributed by atoms with E-state index in [1.807, 2.05) is 25.1 Å². The largest absolute Gasteiger partial charge is 0.493 e. The van der Waals surface area contributed by atoms with Crippen molar-refractivity contribution in [2.45, 2.75) is 13.3 Å². The van der Waals surface area contributed by atoms with Crippen LogP contribution in [-0.4, -0.2) is 20.1 Å². The van der Waals surface area contributed by atoms with Crippen molar-refractivity contribution in [2.75, 3.05) is 19.5 Å². The Morgan fingerprint density at radius 3 is 2.30 bits per heavy atom. The molecule has 0 radical (unpaired) electrons. The minimum atomic E-state index is -0.134. The van der Waals surface area contributed by atoms with E-state index in [0.717, 1.165) is 11.1 Å². The Kier molecular flexibility index (Phi) is 5.21. The van der Waals surface area contributed by atoms with Gasteiger partial charge in [0, 0.05) is 5.69 Å². The summed E-state index contributed by atoms with van der Waals surface area (Å²) < 4.78 is 10.5. The number of methoxy groups -OCH3 is 2. The Balaban J connectivity index is 2.11. The normalized spacial score (nSPS) is 9.83. The van der Waals surface area contributed by atoms with Crippen LogP contribution in [0, 0.1) is 18.3 Å². The van der Waals surface area contributed by atoms with Gasteiger partial charge in [-0.3, -0.25) is 4.79 Å². The quantitative estimate of drug-likeness (QED) is 0.921. The molecule has 0 spiro atoms. The Morgan fingerprint density at radius 1 is 1.13 bits per heavy atom. The van der Waals surface area contributed by atoms with E-state index in [1.54, 1.807) is 38.5 Å². The predicted octanol–water partition coefficient (Wildman–Crippen LogP) is 3.07. The van der Waals surface area contributed by atoms with E-state index in [1.165, 1.54) is 0 Å². The van der Waals surface area contributed by atoms with Gasteiger partial charge in [-0.1, -0.05) is 0 Å². The van der Waals surface area contributed by atoms with Crippen LogP contribution in [0.5, 0.6) is 11.5 Å². The molecule has 0 unspecified atom stereocenters. The average molecular weight is 310 g/mol. The number of anilines is 1. The molecule has 1 amide bonds. The van der Waals surface area contributed by atoms with Crippen molar-refractivity contribution in [1.82, 2.24) is 0 Å². The van der Waals surface area contributed by atoms with Crippen LogP contribution in [0.1, 0.15) is 16.7 Å². The number of nitrogens with one attached hydrogen (secondary N) is 1. The summed E-state index contributed by atoms with van der Waals surface area (Å²) in [5.41, 5.74) is 3.04. The fraction of sp³-hybridized carbons (Fsp3) is 0.222. The van der Waals surface area contributed by atoms with Crippen molar-refractivity contribution in [3.63, 3.8) is 0 Å². The zero-order chi connectivity index (χ0) is 16.8. The molecule has 118 valence electrons. The van der Waals surface area contributed by atoms with Crippen LogP contribution in [-0.2, 0) is 11.2 Å². The second-order valence-electron chi connectivity index (χ2n) is 5.05. The van der Waals surface area contributed by atoms with Crippen molar-refractivity contribution >= 4 is 11.6 Å². The van der Waals surface area contributed by atoms with Gasteiger partial charge in [-0.25, -0.2) is 0 Å². The molecule has 0 heterocycles. The molecule has 2 aromatic rings. The standard InChI is InChI=1S/C18H18N2O3/c1-12-8-16(22-2)17(23-3)9-14(12)10-18(21)20-15-6-4-13(11-19)5-7-15/h4-9H,10H2,1-3H3,(H,20,21).